The summed E-state index contributed by atoms with van der Waals surface area (Å²) in [4.78, 5) is 3.19. The first-order chi connectivity index (χ1) is 9.06. The molecule has 0 bridgehead atoms. The van der Waals surface area contributed by atoms with E-state index >= 15 is 0 Å². The summed E-state index contributed by atoms with van der Waals surface area (Å²) in [7, 11) is 1.21. The molecule has 108 valence electrons. The highest BCUT2D eigenvalue weighted by Gasteiger charge is 2.11. The van der Waals surface area contributed by atoms with E-state index in [1.807, 2.05) is 12.1 Å². The molecule has 0 fully saturated rings. The molecule has 0 aliphatic rings. The van der Waals surface area contributed by atoms with E-state index in [0.29, 0.717) is 6.04 Å². The lowest BCUT2D eigenvalue weighted by molar-refractivity contribution is 0.244. The molecular weight excluding hydrogens is 258 g/mol. The molecule has 0 amide bonds. The van der Waals surface area contributed by atoms with Crippen LogP contribution in [0.15, 0.2) is 29.2 Å². The Morgan fingerprint density at radius 3 is 2.37 bits per heavy atom. The first kappa shape index (κ1) is 16.3. The Labute approximate surface area is 119 Å². The lowest BCUT2D eigenvalue weighted by atomic mass is 10.1. The normalized spacial score (nSPS) is 14.6. The molecule has 0 aromatic heterocycles. The number of nitrogens with zero attached hydrogens (tertiary/aromatic N) is 1. The van der Waals surface area contributed by atoms with Crippen LogP contribution in [-0.4, -0.2) is 40.7 Å². The van der Waals surface area contributed by atoms with Gasteiger partial charge in [-0.2, -0.15) is 0 Å². The Balaban J connectivity index is 2.51. The van der Waals surface area contributed by atoms with Crippen LogP contribution in [0.2, 0.25) is 0 Å². The van der Waals surface area contributed by atoms with Crippen molar-refractivity contribution in [1.29, 1.82) is 0 Å². The molecule has 4 heteroatoms. The van der Waals surface area contributed by atoms with Crippen molar-refractivity contribution in [3.8, 4) is 0 Å². The van der Waals surface area contributed by atoms with E-state index in [-0.39, 0.29) is 6.61 Å². The minimum absolute atomic E-state index is 0.287. The second kappa shape index (κ2) is 8.46. The Morgan fingerprint density at radius 2 is 1.84 bits per heavy atom. The summed E-state index contributed by atoms with van der Waals surface area (Å²) in [6, 6.07) is 8.37. The number of rotatable bonds is 8. The van der Waals surface area contributed by atoms with Crippen molar-refractivity contribution in [3.05, 3.63) is 29.8 Å². The van der Waals surface area contributed by atoms with Crippen LogP contribution < -0.4 is 0 Å². The molecule has 19 heavy (non-hydrogen) atoms. The molecule has 1 N–H and O–H groups in total. The summed E-state index contributed by atoms with van der Waals surface area (Å²) < 4.78 is 11.3. The van der Waals surface area contributed by atoms with Crippen LogP contribution >= 0.6 is 0 Å². The third kappa shape index (κ3) is 5.43. The van der Waals surface area contributed by atoms with Crippen LogP contribution in [0.1, 0.15) is 37.8 Å². The van der Waals surface area contributed by atoms with Gasteiger partial charge in [-0.25, -0.2) is 0 Å². The summed E-state index contributed by atoms with van der Waals surface area (Å²) in [5.74, 6) is 0. The Kier molecular flexibility index (Phi) is 7.28. The summed E-state index contributed by atoms with van der Waals surface area (Å²) in [6.45, 7) is 3.50. The van der Waals surface area contributed by atoms with Crippen LogP contribution in [0, 0.1) is 0 Å². The number of hydrogen-bond donors (Lipinski definition) is 1. The summed E-state index contributed by atoms with van der Waals surface area (Å²) in [5.41, 5.74) is 1.25. The zero-order valence-electron chi connectivity index (χ0n) is 12.1. The summed E-state index contributed by atoms with van der Waals surface area (Å²) in [6.07, 6.45) is 4.77. The molecular formula is C15H25NO2S. The van der Waals surface area contributed by atoms with Crippen molar-refractivity contribution in [2.45, 2.75) is 37.1 Å². The van der Waals surface area contributed by atoms with Gasteiger partial charge in [-0.1, -0.05) is 12.1 Å². The third-order valence-corrected chi connectivity index (χ3v) is 4.46. The van der Waals surface area contributed by atoms with Gasteiger partial charge in [-0.15, -0.1) is 0 Å². The van der Waals surface area contributed by atoms with Gasteiger partial charge in [0.05, 0.1) is 0 Å². The molecule has 0 aliphatic heterocycles. The first-order valence-corrected chi connectivity index (χ1v) is 8.36. The fraction of sp³-hybridized carbons (Fsp3) is 0.600. The predicted octanol–water partition coefficient (Wildman–Crippen LogP) is 2.58. The average molecular weight is 283 g/mol. The highest BCUT2D eigenvalue weighted by Crippen LogP contribution is 2.20. The van der Waals surface area contributed by atoms with E-state index < -0.39 is 10.8 Å². The standard InChI is InChI=1S/C15H25NO2S/c1-13(16(2)11-5-4-6-12-17)14-7-9-15(10-8-14)19(3)18/h7-10,13,17H,4-6,11-12H2,1-3H3. The molecule has 0 radical (unpaired) electrons. The minimum Gasteiger partial charge on any atom is -0.396 e. The van der Waals surface area contributed by atoms with E-state index in [4.69, 9.17) is 5.11 Å². The van der Waals surface area contributed by atoms with Gasteiger partial charge in [0.2, 0.25) is 0 Å². The molecule has 2 atom stereocenters. The van der Waals surface area contributed by atoms with Crippen LogP contribution in [-0.2, 0) is 10.8 Å². The molecule has 0 saturated carbocycles. The third-order valence-electron chi connectivity index (χ3n) is 3.52. The summed E-state index contributed by atoms with van der Waals surface area (Å²) in [5, 5.41) is 8.75. The summed E-state index contributed by atoms with van der Waals surface area (Å²) >= 11 is 0. The van der Waals surface area contributed by atoms with Crippen molar-refractivity contribution in [1.82, 2.24) is 4.90 Å². The monoisotopic (exact) mass is 283 g/mol. The molecule has 2 unspecified atom stereocenters. The van der Waals surface area contributed by atoms with Crippen molar-refractivity contribution in [3.63, 3.8) is 0 Å². The number of hydrogen-bond acceptors (Lipinski definition) is 3. The maximum absolute atomic E-state index is 11.3. The van der Waals surface area contributed by atoms with Gasteiger partial charge in [-0.3, -0.25) is 9.11 Å². The Bertz CT molecular complexity index is 392. The second-order valence-electron chi connectivity index (χ2n) is 4.96. The SMILES string of the molecule is CC(c1ccc(S(C)=O)cc1)N(C)CCCCCO. The van der Waals surface area contributed by atoms with Gasteiger partial charge in [0.25, 0.3) is 0 Å². The van der Waals surface area contributed by atoms with Gasteiger partial charge in [0, 0.05) is 34.6 Å². The number of aliphatic hydroxyl groups excluding tert-OH is 1. The van der Waals surface area contributed by atoms with Gasteiger partial charge in [0.1, 0.15) is 0 Å². The van der Waals surface area contributed by atoms with Crippen molar-refractivity contribution < 1.29 is 9.32 Å². The second-order valence-corrected chi connectivity index (χ2v) is 6.34. The highest BCUT2D eigenvalue weighted by molar-refractivity contribution is 7.84. The molecule has 3 nitrogen and oxygen atoms in total. The lowest BCUT2D eigenvalue weighted by Gasteiger charge is -2.25. The molecule has 1 rings (SSSR count). The number of aliphatic hydroxyl groups is 1. The van der Waals surface area contributed by atoms with E-state index in [9.17, 15) is 4.21 Å². The minimum atomic E-state index is -0.906. The smallest absolute Gasteiger partial charge is 0.0498 e. The van der Waals surface area contributed by atoms with Crippen LogP contribution in [0.3, 0.4) is 0 Å². The van der Waals surface area contributed by atoms with Crippen LogP contribution in [0.5, 0.6) is 0 Å². The van der Waals surface area contributed by atoms with Crippen LogP contribution in [0.4, 0.5) is 0 Å². The zero-order chi connectivity index (χ0) is 14.3. The maximum Gasteiger partial charge on any atom is 0.0498 e. The highest BCUT2D eigenvalue weighted by atomic mass is 32.2. The fourth-order valence-electron chi connectivity index (χ4n) is 2.04. The van der Waals surface area contributed by atoms with E-state index in [0.717, 1.165) is 30.7 Å². The lowest BCUT2D eigenvalue weighted by Crippen LogP contribution is -2.23. The molecule has 0 heterocycles. The van der Waals surface area contributed by atoms with Gasteiger partial charge in [0.15, 0.2) is 0 Å². The molecule has 1 aromatic rings. The molecule has 0 saturated heterocycles. The van der Waals surface area contributed by atoms with Crippen LogP contribution in [0.25, 0.3) is 0 Å². The van der Waals surface area contributed by atoms with Crippen molar-refractivity contribution in [2.75, 3.05) is 26.5 Å². The van der Waals surface area contributed by atoms with Crippen molar-refractivity contribution >= 4 is 10.8 Å². The van der Waals surface area contributed by atoms with E-state index in [1.165, 1.54) is 5.56 Å². The average Bonchev–Trinajstić information content (AvgIpc) is 2.42. The van der Waals surface area contributed by atoms with Gasteiger partial charge in [-0.05, 0) is 57.5 Å². The van der Waals surface area contributed by atoms with Gasteiger partial charge < -0.3 is 5.11 Å². The molecule has 1 aromatic carbocycles. The maximum atomic E-state index is 11.3. The zero-order valence-corrected chi connectivity index (χ0v) is 12.9. The van der Waals surface area contributed by atoms with E-state index in [1.54, 1.807) is 6.26 Å². The Morgan fingerprint density at radius 1 is 1.21 bits per heavy atom. The fourth-order valence-corrected chi connectivity index (χ4v) is 2.56. The molecule has 0 aliphatic carbocycles. The predicted molar refractivity (Wildman–Crippen MR) is 80.8 cm³/mol. The topological polar surface area (TPSA) is 40.5 Å². The first-order valence-electron chi connectivity index (χ1n) is 6.80. The largest absolute Gasteiger partial charge is 0.396 e. The molecule has 0 spiro atoms. The quantitative estimate of drug-likeness (QED) is 0.746. The van der Waals surface area contributed by atoms with E-state index in [2.05, 4.69) is 31.0 Å². The number of benzene rings is 1. The van der Waals surface area contributed by atoms with Crippen molar-refractivity contribution in [2.24, 2.45) is 0 Å². The Hall–Kier alpha value is -0.710. The van der Waals surface area contributed by atoms with Gasteiger partial charge >= 0.3 is 0 Å². The number of unbranched alkanes of at least 4 members (excludes halogenated alkanes) is 2.